The van der Waals surface area contributed by atoms with Crippen molar-refractivity contribution in [2.24, 2.45) is 11.7 Å². The number of carbonyl (C=O) groups excluding carboxylic acids is 1. The Labute approximate surface area is 111 Å². The summed E-state index contributed by atoms with van der Waals surface area (Å²) >= 11 is 0. The molecule has 18 heavy (non-hydrogen) atoms. The maximum Gasteiger partial charge on any atom is 0.226 e. The van der Waals surface area contributed by atoms with Crippen LogP contribution in [0.5, 0.6) is 0 Å². The van der Waals surface area contributed by atoms with Gasteiger partial charge in [0.1, 0.15) is 0 Å². The lowest BCUT2D eigenvalue weighted by molar-refractivity contribution is -0.150. The molecule has 1 fully saturated rings. The Balaban J connectivity index is 2.46. The molecule has 0 bridgehead atoms. The van der Waals surface area contributed by atoms with Gasteiger partial charge in [0.15, 0.2) is 0 Å². The number of nitrogens with two attached hydrogens (primary N) is 1. The van der Waals surface area contributed by atoms with Gasteiger partial charge in [-0.25, -0.2) is 0 Å². The molecule has 4 nitrogen and oxygen atoms in total. The van der Waals surface area contributed by atoms with Crippen LogP contribution in [-0.2, 0) is 9.53 Å². The van der Waals surface area contributed by atoms with E-state index in [0.717, 1.165) is 19.3 Å². The normalized spacial score (nSPS) is 22.6. The molecule has 1 amide bonds. The third-order valence-corrected chi connectivity index (χ3v) is 3.63. The molecule has 1 aliphatic heterocycles. The van der Waals surface area contributed by atoms with Gasteiger partial charge in [0, 0.05) is 18.5 Å². The number of hydrogen-bond acceptors (Lipinski definition) is 3. The summed E-state index contributed by atoms with van der Waals surface area (Å²) in [5.74, 6) is 0.342. The highest BCUT2D eigenvalue weighted by atomic mass is 16.5. The second-order valence-corrected chi connectivity index (χ2v) is 6.16. The lowest BCUT2D eigenvalue weighted by Crippen LogP contribution is -2.56. The van der Waals surface area contributed by atoms with Crippen molar-refractivity contribution in [1.82, 2.24) is 4.90 Å². The molecule has 106 valence electrons. The van der Waals surface area contributed by atoms with Gasteiger partial charge in [-0.1, -0.05) is 13.3 Å². The lowest BCUT2D eigenvalue weighted by Gasteiger charge is -2.43. The molecule has 2 unspecified atom stereocenters. The molecule has 0 aromatic heterocycles. The van der Waals surface area contributed by atoms with E-state index in [1.54, 1.807) is 0 Å². The van der Waals surface area contributed by atoms with Crippen molar-refractivity contribution < 1.29 is 9.53 Å². The summed E-state index contributed by atoms with van der Waals surface area (Å²) in [4.78, 5) is 14.4. The monoisotopic (exact) mass is 256 g/mol. The Hall–Kier alpha value is -0.610. The number of amides is 1. The van der Waals surface area contributed by atoms with Crippen LogP contribution in [-0.4, -0.2) is 42.1 Å². The van der Waals surface area contributed by atoms with Gasteiger partial charge in [0.2, 0.25) is 5.91 Å². The van der Waals surface area contributed by atoms with Gasteiger partial charge in [-0.2, -0.15) is 0 Å². The van der Waals surface area contributed by atoms with E-state index in [1.165, 1.54) is 0 Å². The highest BCUT2D eigenvalue weighted by Gasteiger charge is 2.35. The van der Waals surface area contributed by atoms with Crippen LogP contribution in [0.25, 0.3) is 0 Å². The van der Waals surface area contributed by atoms with Crippen LogP contribution >= 0.6 is 0 Å². The van der Waals surface area contributed by atoms with Crippen molar-refractivity contribution in [3.63, 3.8) is 0 Å². The maximum atomic E-state index is 12.4. The third-order valence-electron chi connectivity index (χ3n) is 3.63. The van der Waals surface area contributed by atoms with E-state index in [9.17, 15) is 4.79 Å². The molecule has 0 saturated carbocycles. The summed E-state index contributed by atoms with van der Waals surface area (Å²) in [7, 11) is 0. The lowest BCUT2D eigenvalue weighted by atomic mass is 9.96. The first-order chi connectivity index (χ1) is 8.34. The van der Waals surface area contributed by atoms with E-state index in [-0.39, 0.29) is 23.4 Å². The van der Waals surface area contributed by atoms with Crippen LogP contribution in [0.3, 0.4) is 0 Å². The van der Waals surface area contributed by atoms with E-state index in [4.69, 9.17) is 10.5 Å². The molecule has 2 N–H and O–H groups in total. The molecule has 1 heterocycles. The average molecular weight is 256 g/mol. The highest BCUT2D eigenvalue weighted by Crippen LogP contribution is 2.23. The fourth-order valence-electron chi connectivity index (χ4n) is 2.40. The van der Waals surface area contributed by atoms with Gasteiger partial charge in [0.05, 0.1) is 18.8 Å². The zero-order valence-electron chi connectivity index (χ0n) is 12.2. The predicted octanol–water partition coefficient (Wildman–Crippen LogP) is 1.78. The molecule has 1 rings (SSSR count). The fraction of sp³-hybridized carbons (Fsp3) is 0.929. The van der Waals surface area contributed by atoms with Crippen LogP contribution in [0.4, 0.5) is 0 Å². The third kappa shape index (κ3) is 4.25. The predicted molar refractivity (Wildman–Crippen MR) is 73.3 cm³/mol. The van der Waals surface area contributed by atoms with Crippen LogP contribution in [0.15, 0.2) is 0 Å². The van der Waals surface area contributed by atoms with Crippen LogP contribution in [0.2, 0.25) is 0 Å². The van der Waals surface area contributed by atoms with Gasteiger partial charge >= 0.3 is 0 Å². The van der Waals surface area contributed by atoms with Gasteiger partial charge in [-0.05, 0) is 33.6 Å². The quantitative estimate of drug-likeness (QED) is 0.815. The zero-order valence-corrected chi connectivity index (χ0v) is 12.2. The maximum absolute atomic E-state index is 12.4. The van der Waals surface area contributed by atoms with E-state index in [1.807, 2.05) is 18.7 Å². The molecule has 0 aromatic carbocycles. The van der Waals surface area contributed by atoms with Gasteiger partial charge in [-0.15, -0.1) is 0 Å². The number of morpholine rings is 1. The zero-order chi connectivity index (χ0) is 13.8. The highest BCUT2D eigenvalue weighted by molar-refractivity contribution is 5.79. The Morgan fingerprint density at radius 2 is 2.06 bits per heavy atom. The number of hydrogen-bond donors (Lipinski definition) is 1. The molecular weight excluding hydrogens is 228 g/mol. The molecular formula is C14H28N2O2. The van der Waals surface area contributed by atoms with E-state index in [0.29, 0.717) is 19.8 Å². The second kappa shape index (κ2) is 6.53. The number of nitrogens with zero attached hydrogens (tertiary/aromatic N) is 1. The fourth-order valence-corrected chi connectivity index (χ4v) is 2.40. The standard InChI is InChI=1S/C14H28N2O2/c1-11(6-5-7-12(2)15)13(17)16-8-9-18-10-14(16,3)4/h11-12H,5-10,15H2,1-4H3. The number of carbonyl (C=O) groups is 1. The molecule has 4 heteroatoms. The Morgan fingerprint density at radius 1 is 1.39 bits per heavy atom. The average Bonchev–Trinajstić information content (AvgIpc) is 2.27. The van der Waals surface area contributed by atoms with Crippen molar-refractivity contribution in [3.05, 3.63) is 0 Å². The molecule has 0 radical (unpaired) electrons. The van der Waals surface area contributed by atoms with Gasteiger partial charge < -0.3 is 15.4 Å². The minimum absolute atomic E-state index is 0.0844. The summed E-state index contributed by atoms with van der Waals surface area (Å²) in [6.45, 7) is 10.2. The molecule has 1 aliphatic rings. The van der Waals surface area contributed by atoms with Crippen molar-refractivity contribution in [2.45, 2.75) is 58.5 Å². The minimum atomic E-state index is -0.176. The first-order valence-corrected chi connectivity index (χ1v) is 6.99. The van der Waals surface area contributed by atoms with E-state index < -0.39 is 0 Å². The van der Waals surface area contributed by atoms with Gasteiger partial charge in [0.25, 0.3) is 0 Å². The van der Waals surface area contributed by atoms with Crippen molar-refractivity contribution in [1.29, 1.82) is 0 Å². The van der Waals surface area contributed by atoms with Crippen molar-refractivity contribution in [3.8, 4) is 0 Å². The summed E-state index contributed by atoms with van der Waals surface area (Å²) in [5, 5.41) is 0. The summed E-state index contributed by atoms with van der Waals surface area (Å²) < 4.78 is 5.45. The molecule has 1 saturated heterocycles. The van der Waals surface area contributed by atoms with E-state index >= 15 is 0 Å². The first-order valence-electron chi connectivity index (χ1n) is 6.99. The molecule has 0 aromatic rings. The van der Waals surface area contributed by atoms with Crippen LogP contribution in [0, 0.1) is 5.92 Å². The second-order valence-electron chi connectivity index (χ2n) is 6.16. The summed E-state index contributed by atoms with van der Waals surface area (Å²) in [6.07, 6.45) is 2.94. The Kier molecular flexibility index (Phi) is 5.60. The summed E-state index contributed by atoms with van der Waals surface area (Å²) in [6, 6.07) is 0.229. The minimum Gasteiger partial charge on any atom is -0.377 e. The van der Waals surface area contributed by atoms with Crippen LogP contribution in [0.1, 0.15) is 47.0 Å². The topological polar surface area (TPSA) is 55.6 Å². The Bertz CT molecular complexity index is 277. The van der Waals surface area contributed by atoms with E-state index in [2.05, 4.69) is 13.8 Å². The largest absolute Gasteiger partial charge is 0.377 e. The number of ether oxygens (including phenoxy) is 1. The SMILES string of the molecule is CC(N)CCCC(C)C(=O)N1CCOCC1(C)C. The van der Waals surface area contributed by atoms with Crippen LogP contribution < -0.4 is 5.73 Å². The molecule has 0 aliphatic carbocycles. The number of rotatable bonds is 5. The smallest absolute Gasteiger partial charge is 0.226 e. The summed E-state index contributed by atoms with van der Waals surface area (Å²) in [5.41, 5.74) is 5.55. The molecule has 0 spiro atoms. The molecule has 2 atom stereocenters. The van der Waals surface area contributed by atoms with Gasteiger partial charge in [-0.3, -0.25) is 4.79 Å². The Morgan fingerprint density at radius 3 is 2.61 bits per heavy atom. The van der Waals surface area contributed by atoms with Crippen molar-refractivity contribution >= 4 is 5.91 Å². The van der Waals surface area contributed by atoms with Crippen molar-refractivity contribution in [2.75, 3.05) is 19.8 Å². The first kappa shape index (κ1) is 15.4.